The van der Waals surface area contributed by atoms with Crippen molar-refractivity contribution in [2.24, 2.45) is 16.8 Å². The van der Waals surface area contributed by atoms with E-state index in [9.17, 15) is 35.5 Å². The van der Waals surface area contributed by atoms with Gasteiger partial charge >= 0.3 is 0 Å². The largest absolute Gasteiger partial charge is 0.456 e. The number of nitrogens with zero attached hydrogens (tertiary/aromatic N) is 1. The number of nitrogens with one attached hydrogen (secondary N) is 3. The van der Waals surface area contributed by atoms with E-state index in [1.165, 1.54) is 30.3 Å². The Morgan fingerprint density at radius 1 is 0.641 bits per heavy atom. The molecule has 5 N–H and O–H groups in total. The van der Waals surface area contributed by atoms with Crippen LogP contribution in [0.2, 0.25) is 0 Å². The lowest BCUT2D eigenvalue weighted by Crippen LogP contribution is -2.17. The molecule has 0 spiro atoms. The lowest BCUT2D eigenvalue weighted by atomic mass is 9.93. The van der Waals surface area contributed by atoms with Gasteiger partial charge in [0.05, 0.1) is 11.0 Å². The zero-order valence-electron chi connectivity index (χ0n) is 37.8. The van der Waals surface area contributed by atoms with Gasteiger partial charge < -0.3 is 20.4 Å². The molecule has 1 aliphatic carbocycles. The Kier molecular flexibility index (Phi) is 13.9. The summed E-state index contributed by atoms with van der Waals surface area (Å²) in [6.07, 6.45) is 2.15. The van der Waals surface area contributed by atoms with E-state index in [1.807, 2.05) is 53.7 Å². The maximum absolute atomic E-state index is 13.3. The molecule has 0 radical (unpaired) electrons. The third kappa shape index (κ3) is 10.4. The highest BCUT2D eigenvalue weighted by atomic mass is 32.2. The average molecular weight is 909 g/mol. The number of anilines is 4. The van der Waals surface area contributed by atoms with Crippen LogP contribution in [0.15, 0.2) is 85.9 Å². The van der Waals surface area contributed by atoms with Gasteiger partial charge in [0.1, 0.15) is 21.1 Å². The number of hydrogen-bond acceptors (Lipinski definition) is 9. The Morgan fingerprint density at radius 3 is 1.77 bits per heavy atom. The lowest BCUT2D eigenvalue weighted by Gasteiger charge is -2.21. The monoisotopic (exact) mass is 908 g/mol. The molecule has 6 rings (SSSR count). The summed E-state index contributed by atoms with van der Waals surface area (Å²) in [5.74, 6) is 0.526. The summed E-state index contributed by atoms with van der Waals surface area (Å²) >= 11 is 0. The first kappa shape index (κ1) is 47.6. The number of aryl methyl sites for hydroxylation is 4. The van der Waals surface area contributed by atoms with Crippen molar-refractivity contribution in [2.75, 3.05) is 16.0 Å². The molecule has 2 aliphatic rings. The minimum absolute atomic E-state index is 0.0497. The SMILES string of the molecule is Cc1cc(C)c(NC(=O)CCC(C)C)c(C)c1N=c1cc2oc3cc(Nc4c(C)cc(C)c(NC(=O)CCC(C)C)c4C)ccc3c(-c3ccccc3S(=O)(=O)O)c-2cc1S(=O)(=O)O. The Bertz CT molecular complexity index is 3100. The highest BCUT2D eigenvalue weighted by Crippen LogP contribution is 2.44. The number of amides is 2. The van der Waals surface area contributed by atoms with E-state index in [0.717, 1.165) is 34.4 Å². The van der Waals surface area contributed by atoms with E-state index in [0.29, 0.717) is 70.4 Å². The summed E-state index contributed by atoms with van der Waals surface area (Å²) in [7, 11) is -9.81. The smallest absolute Gasteiger partial charge is 0.296 e. The summed E-state index contributed by atoms with van der Waals surface area (Å²) in [5.41, 5.74) is 8.20. The molecule has 4 aromatic rings. The summed E-state index contributed by atoms with van der Waals surface area (Å²) in [5, 5.41) is 9.75. The summed E-state index contributed by atoms with van der Waals surface area (Å²) in [6, 6.07) is 17.3. The van der Waals surface area contributed by atoms with Crippen molar-refractivity contribution >= 4 is 71.5 Å². The number of carbonyl (C=O) groups excluding carboxylic acids is 2. The van der Waals surface area contributed by atoms with Gasteiger partial charge in [-0.3, -0.25) is 18.7 Å². The summed E-state index contributed by atoms with van der Waals surface area (Å²) in [4.78, 5) is 29.7. The topological polar surface area (TPSA) is 204 Å². The minimum Gasteiger partial charge on any atom is -0.456 e. The summed E-state index contributed by atoms with van der Waals surface area (Å²) < 4.78 is 80.0. The van der Waals surface area contributed by atoms with Gasteiger partial charge in [-0.25, -0.2) is 4.99 Å². The van der Waals surface area contributed by atoms with E-state index in [2.05, 4.69) is 29.8 Å². The number of carbonyl (C=O) groups is 2. The van der Waals surface area contributed by atoms with Crippen LogP contribution >= 0.6 is 0 Å². The fourth-order valence-corrected chi connectivity index (χ4v) is 9.42. The van der Waals surface area contributed by atoms with Crippen LogP contribution in [0.3, 0.4) is 0 Å². The van der Waals surface area contributed by atoms with Crippen molar-refractivity contribution in [3.8, 4) is 22.5 Å². The van der Waals surface area contributed by atoms with Gasteiger partial charge in [-0.1, -0.05) is 58.0 Å². The molecule has 338 valence electrons. The van der Waals surface area contributed by atoms with E-state index < -0.39 is 30.0 Å². The fourth-order valence-electron chi connectivity index (χ4n) is 8.08. The van der Waals surface area contributed by atoms with E-state index in [1.54, 1.807) is 38.1 Å². The zero-order chi connectivity index (χ0) is 47.0. The molecular weight excluding hydrogens is 853 g/mol. The number of hydrogen-bond donors (Lipinski definition) is 5. The van der Waals surface area contributed by atoms with Crippen molar-refractivity contribution in [1.82, 2.24) is 0 Å². The zero-order valence-corrected chi connectivity index (χ0v) is 39.5. The second kappa shape index (κ2) is 18.7. The van der Waals surface area contributed by atoms with Crippen molar-refractivity contribution in [1.29, 1.82) is 0 Å². The van der Waals surface area contributed by atoms with Gasteiger partial charge in [0.25, 0.3) is 20.2 Å². The quantitative estimate of drug-likeness (QED) is 0.0516. The maximum atomic E-state index is 13.3. The molecule has 2 amide bonds. The Balaban J connectivity index is 1.60. The molecule has 15 heteroatoms. The van der Waals surface area contributed by atoms with Crippen LogP contribution < -0.4 is 21.3 Å². The van der Waals surface area contributed by atoms with Crippen molar-refractivity contribution in [2.45, 2.75) is 105 Å². The molecule has 1 heterocycles. The van der Waals surface area contributed by atoms with Crippen LogP contribution in [0, 0.1) is 53.4 Å². The first-order valence-corrected chi connectivity index (χ1v) is 24.0. The maximum Gasteiger partial charge on any atom is 0.296 e. The Morgan fingerprint density at radius 2 is 1.19 bits per heavy atom. The summed E-state index contributed by atoms with van der Waals surface area (Å²) in [6.45, 7) is 19.4. The Labute approximate surface area is 375 Å². The molecule has 4 aromatic carbocycles. The van der Waals surface area contributed by atoms with Gasteiger partial charge in [-0.2, -0.15) is 16.8 Å². The molecule has 64 heavy (non-hydrogen) atoms. The molecule has 0 saturated carbocycles. The predicted molar refractivity (Wildman–Crippen MR) is 253 cm³/mol. The van der Waals surface area contributed by atoms with Crippen molar-refractivity contribution in [3.63, 3.8) is 0 Å². The van der Waals surface area contributed by atoms with Crippen LogP contribution in [0.25, 0.3) is 33.4 Å². The van der Waals surface area contributed by atoms with Crippen LogP contribution in [0.1, 0.15) is 86.8 Å². The van der Waals surface area contributed by atoms with Crippen LogP contribution in [-0.4, -0.2) is 37.8 Å². The van der Waals surface area contributed by atoms with E-state index in [4.69, 9.17) is 9.41 Å². The van der Waals surface area contributed by atoms with Gasteiger partial charge in [-0.05, 0) is 124 Å². The second-order valence-electron chi connectivity index (χ2n) is 17.4. The van der Waals surface area contributed by atoms with Gasteiger partial charge in [0, 0.05) is 69.8 Å². The third-order valence-corrected chi connectivity index (χ3v) is 13.1. The highest BCUT2D eigenvalue weighted by Gasteiger charge is 2.27. The van der Waals surface area contributed by atoms with Crippen LogP contribution in [0.4, 0.5) is 28.4 Å². The molecule has 0 atom stereocenters. The molecule has 0 bridgehead atoms. The van der Waals surface area contributed by atoms with Gasteiger partial charge in [0.2, 0.25) is 11.8 Å². The van der Waals surface area contributed by atoms with Gasteiger partial charge in [-0.15, -0.1) is 0 Å². The normalized spacial score (nSPS) is 12.4. The third-order valence-electron chi connectivity index (χ3n) is 11.3. The number of fused-ring (bicyclic) bond motifs is 2. The number of benzene rings is 5. The fraction of sp³-hybridized carbons (Fsp3) is 0.327. The molecule has 0 aromatic heterocycles. The molecule has 0 saturated heterocycles. The molecule has 0 unspecified atom stereocenters. The first-order valence-electron chi connectivity index (χ1n) is 21.2. The average Bonchev–Trinajstić information content (AvgIpc) is 3.20. The van der Waals surface area contributed by atoms with Crippen molar-refractivity contribution < 1.29 is 39.9 Å². The van der Waals surface area contributed by atoms with Crippen molar-refractivity contribution in [3.05, 3.63) is 105 Å². The van der Waals surface area contributed by atoms with E-state index >= 15 is 0 Å². The van der Waals surface area contributed by atoms with Gasteiger partial charge in [0.15, 0.2) is 0 Å². The highest BCUT2D eigenvalue weighted by molar-refractivity contribution is 7.86. The molecule has 1 aliphatic heterocycles. The number of rotatable bonds is 14. The molecular formula is C49H56N4O9S2. The van der Waals surface area contributed by atoms with Crippen LogP contribution in [0.5, 0.6) is 0 Å². The standard InChI is InChI=1S/C49H56N4O9S2/c1-26(2)15-19-43(54)52-48-30(7)21-28(5)46(32(48)9)50-34-17-18-35-39(23-34)62-40-25-38(51-47-29(6)22-31(8)49(33(47)10)53-44(55)20-16-27(3)4)42(64(59,60)61)24-37(40)45(35)36-13-11-12-14-41(36)63(56,57)58/h11-14,17-18,21-27,50H,15-16,19-20H2,1-10H3,(H,52,54)(H,53,55)(H,56,57,58)(H,59,60,61). The molecule has 13 nitrogen and oxygen atoms in total. The molecule has 0 fully saturated rings. The first-order chi connectivity index (χ1) is 29.9. The lowest BCUT2D eigenvalue weighted by molar-refractivity contribution is -0.117. The van der Waals surface area contributed by atoms with E-state index in [-0.39, 0.29) is 45.2 Å². The van der Waals surface area contributed by atoms with Crippen LogP contribution in [-0.2, 0) is 29.8 Å². The Hall–Kier alpha value is -5.87. The second-order valence-corrected chi connectivity index (χ2v) is 20.2. The minimum atomic E-state index is -4.99. The predicted octanol–water partition coefficient (Wildman–Crippen LogP) is 11.3.